The lowest BCUT2D eigenvalue weighted by molar-refractivity contribution is -0.137. The van der Waals surface area contributed by atoms with Crippen molar-refractivity contribution in [3.05, 3.63) is 31.0 Å². The van der Waals surface area contributed by atoms with Crippen LogP contribution in [0.15, 0.2) is 35.4 Å². The summed E-state index contributed by atoms with van der Waals surface area (Å²) in [5.41, 5.74) is 1.86. The molecule has 0 saturated heterocycles. The number of furan rings is 1. The maximum Gasteiger partial charge on any atom is 0.305 e. The number of hydrogen-bond donors (Lipinski definition) is 1. The lowest BCUT2D eigenvalue weighted by atomic mass is 10.2. The van der Waals surface area contributed by atoms with E-state index >= 15 is 0 Å². The molecule has 2 heterocycles. The molecule has 2 rings (SSSR count). The second kappa shape index (κ2) is 4.22. The molecule has 1 atom stereocenters. The number of nitrogens with zero attached hydrogens (tertiary/aromatic N) is 2. The SMILES string of the molecule is CC(CC(=O)O)n1cc(-c2ccoc2)cn1. The van der Waals surface area contributed by atoms with Crippen molar-refractivity contribution < 1.29 is 14.3 Å². The Morgan fingerprint density at radius 1 is 1.62 bits per heavy atom. The van der Waals surface area contributed by atoms with Crippen molar-refractivity contribution in [2.45, 2.75) is 19.4 Å². The molecule has 0 spiro atoms. The van der Waals surface area contributed by atoms with Gasteiger partial charge in [-0.2, -0.15) is 5.10 Å². The van der Waals surface area contributed by atoms with Crippen LogP contribution in [0.25, 0.3) is 11.1 Å². The number of carboxylic acids is 1. The Labute approximate surface area is 92.3 Å². The highest BCUT2D eigenvalue weighted by molar-refractivity contribution is 5.67. The fourth-order valence-corrected chi connectivity index (χ4v) is 1.50. The first-order valence-corrected chi connectivity index (χ1v) is 4.95. The minimum absolute atomic E-state index is 0.0620. The predicted octanol–water partition coefficient (Wildman–Crippen LogP) is 2.18. The standard InChI is InChI=1S/C11H12N2O3/c1-8(4-11(14)15)13-6-10(5-12-13)9-2-3-16-7-9/h2-3,5-8H,4H2,1H3,(H,14,15). The third-order valence-electron chi connectivity index (χ3n) is 2.38. The summed E-state index contributed by atoms with van der Waals surface area (Å²) in [5, 5.41) is 12.8. The minimum Gasteiger partial charge on any atom is -0.481 e. The minimum atomic E-state index is -0.826. The highest BCUT2D eigenvalue weighted by atomic mass is 16.4. The Balaban J connectivity index is 2.16. The van der Waals surface area contributed by atoms with Crippen LogP contribution in [0.2, 0.25) is 0 Å². The molecule has 16 heavy (non-hydrogen) atoms. The normalized spacial score (nSPS) is 12.6. The van der Waals surface area contributed by atoms with Crippen LogP contribution in [0.5, 0.6) is 0 Å². The van der Waals surface area contributed by atoms with Crippen molar-refractivity contribution in [1.29, 1.82) is 0 Å². The van der Waals surface area contributed by atoms with Crippen LogP contribution in [-0.2, 0) is 4.79 Å². The Hall–Kier alpha value is -2.04. The fourth-order valence-electron chi connectivity index (χ4n) is 1.50. The van der Waals surface area contributed by atoms with Crippen LogP contribution in [0.3, 0.4) is 0 Å². The molecule has 84 valence electrons. The second-order valence-electron chi connectivity index (χ2n) is 3.67. The zero-order chi connectivity index (χ0) is 11.5. The van der Waals surface area contributed by atoms with Crippen LogP contribution in [0, 0.1) is 0 Å². The first-order valence-electron chi connectivity index (χ1n) is 4.95. The second-order valence-corrected chi connectivity index (χ2v) is 3.67. The van der Waals surface area contributed by atoms with Crippen molar-refractivity contribution >= 4 is 5.97 Å². The van der Waals surface area contributed by atoms with Gasteiger partial charge in [0.15, 0.2) is 0 Å². The zero-order valence-electron chi connectivity index (χ0n) is 8.83. The summed E-state index contributed by atoms with van der Waals surface area (Å²) >= 11 is 0. The quantitative estimate of drug-likeness (QED) is 0.857. The van der Waals surface area contributed by atoms with Gasteiger partial charge in [-0.1, -0.05) is 0 Å². The molecular weight excluding hydrogens is 208 g/mol. The first kappa shape index (κ1) is 10.5. The summed E-state index contributed by atoms with van der Waals surface area (Å²) in [5.74, 6) is -0.826. The van der Waals surface area contributed by atoms with Gasteiger partial charge in [-0.15, -0.1) is 0 Å². The van der Waals surface area contributed by atoms with E-state index in [-0.39, 0.29) is 12.5 Å². The molecular formula is C11H12N2O3. The number of rotatable bonds is 4. The van der Waals surface area contributed by atoms with Crippen molar-refractivity contribution in [2.75, 3.05) is 0 Å². The van der Waals surface area contributed by atoms with Gasteiger partial charge in [0.1, 0.15) is 0 Å². The van der Waals surface area contributed by atoms with Gasteiger partial charge in [0.05, 0.1) is 31.2 Å². The van der Waals surface area contributed by atoms with Crippen molar-refractivity contribution in [2.24, 2.45) is 0 Å². The van der Waals surface area contributed by atoms with Crippen LogP contribution in [-0.4, -0.2) is 20.9 Å². The summed E-state index contributed by atoms with van der Waals surface area (Å²) in [4.78, 5) is 10.6. The van der Waals surface area contributed by atoms with Crippen molar-refractivity contribution in [1.82, 2.24) is 9.78 Å². The Bertz CT molecular complexity index is 473. The number of carboxylic acid groups (broad SMARTS) is 1. The van der Waals surface area contributed by atoms with Crippen molar-refractivity contribution in [3.63, 3.8) is 0 Å². The lowest BCUT2D eigenvalue weighted by Crippen LogP contribution is -2.10. The summed E-state index contributed by atoms with van der Waals surface area (Å²) in [7, 11) is 0. The van der Waals surface area contributed by atoms with E-state index in [1.54, 1.807) is 23.4 Å². The van der Waals surface area contributed by atoms with Gasteiger partial charge in [-0.3, -0.25) is 9.48 Å². The number of carbonyl (C=O) groups is 1. The van der Waals surface area contributed by atoms with Crippen LogP contribution in [0.1, 0.15) is 19.4 Å². The van der Waals surface area contributed by atoms with E-state index in [9.17, 15) is 4.79 Å². The van der Waals surface area contributed by atoms with Gasteiger partial charge in [0.25, 0.3) is 0 Å². The van der Waals surface area contributed by atoms with E-state index < -0.39 is 5.97 Å². The maximum atomic E-state index is 10.6. The summed E-state index contributed by atoms with van der Waals surface area (Å²) in [6.45, 7) is 1.82. The zero-order valence-corrected chi connectivity index (χ0v) is 8.83. The Morgan fingerprint density at radius 2 is 2.44 bits per heavy atom. The van der Waals surface area contributed by atoms with Gasteiger partial charge >= 0.3 is 5.97 Å². The van der Waals surface area contributed by atoms with Crippen LogP contribution >= 0.6 is 0 Å². The average Bonchev–Trinajstić information content (AvgIpc) is 2.87. The molecule has 2 aromatic rings. The molecule has 1 N–H and O–H groups in total. The molecule has 0 radical (unpaired) electrons. The number of hydrogen-bond acceptors (Lipinski definition) is 3. The lowest BCUT2D eigenvalue weighted by Gasteiger charge is -2.08. The third-order valence-corrected chi connectivity index (χ3v) is 2.38. The number of aliphatic carboxylic acids is 1. The molecule has 0 fully saturated rings. The van der Waals surface area contributed by atoms with E-state index in [0.717, 1.165) is 11.1 Å². The van der Waals surface area contributed by atoms with Crippen LogP contribution < -0.4 is 0 Å². The molecule has 0 amide bonds. The fraction of sp³-hybridized carbons (Fsp3) is 0.273. The molecule has 1 unspecified atom stereocenters. The smallest absolute Gasteiger partial charge is 0.305 e. The molecule has 0 aromatic carbocycles. The molecule has 0 saturated carbocycles. The molecule has 5 heteroatoms. The van der Waals surface area contributed by atoms with E-state index in [2.05, 4.69) is 5.10 Å². The first-order chi connectivity index (χ1) is 7.66. The molecule has 0 aliphatic rings. The largest absolute Gasteiger partial charge is 0.481 e. The van der Waals surface area contributed by atoms with Gasteiger partial charge in [0, 0.05) is 17.3 Å². The molecule has 5 nitrogen and oxygen atoms in total. The molecule has 0 aliphatic carbocycles. The molecule has 2 aromatic heterocycles. The van der Waals surface area contributed by atoms with Crippen molar-refractivity contribution in [3.8, 4) is 11.1 Å². The third kappa shape index (κ3) is 2.13. The van der Waals surface area contributed by atoms with Crippen LogP contribution in [0.4, 0.5) is 0 Å². The average molecular weight is 220 g/mol. The molecule has 0 bridgehead atoms. The summed E-state index contributed by atoms with van der Waals surface area (Å²) in [6, 6.07) is 1.68. The van der Waals surface area contributed by atoms with Gasteiger partial charge < -0.3 is 9.52 Å². The van der Waals surface area contributed by atoms with E-state index in [4.69, 9.17) is 9.52 Å². The summed E-state index contributed by atoms with van der Waals surface area (Å²) in [6.07, 6.45) is 6.80. The molecule has 0 aliphatic heterocycles. The van der Waals surface area contributed by atoms with Gasteiger partial charge in [-0.25, -0.2) is 0 Å². The number of aromatic nitrogens is 2. The Kier molecular flexibility index (Phi) is 2.76. The Morgan fingerprint density at radius 3 is 3.06 bits per heavy atom. The highest BCUT2D eigenvalue weighted by Gasteiger charge is 2.11. The predicted molar refractivity (Wildman–Crippen MR) is 56.9 cm³/mol. The highest BCUT2D eigenvalue weighted by Crippen LogP contribution is 2.20. The van der Waals surface area contributed by atoms with E-state index in [0.29, 0.717) is 0 Å². The monoisotopic (exact) mass is 220 g/mol. The van der Waals surface area contributed by atoms with E-state index in [1.165, 1.54) is 0 Å². The van der Waals surface area contributed by atoms with E-state index in [1.807, 2.05) is 19.2 Å². The summed E-state index contributed by atoms with van der Waals surface area (Å²) < 4.78 is 6.62. The van der Waals surface area contributed by atoms with Gasteiger partial charge in [-0.05, 0) is 13.0 Å². The topological polar surface area (TPSA) is 68.3 Å². The van der Waals surface area contributed by atoms with Gasteiger partial charge in [0.2, 0.25) is 0 Å². The maximum absolute atomic E-state index is 10.6.